The van der Waals surface area contributed by atoms with Crippen molar-refractivity contribution in [3.63, 3.8) is 0 Å². The Hall–Kier alpha value is -1.80. The number of para-hydroxylation sites is 1. The molecule has 1 amide bonds. The number of rotatable bonds is 6. The third-order valence-corrected chi connectivity index (χ3v) is 3.68. The fraction of sp³-hybridized carbons (Fsp3) is 0.278. The van der Waals surface area contributed by atoms with Gasteiger partial charge in [0, 0.05) is 0 Å². The van der Waals surface area contributed by atoms with Crippen molar-refractivity contribution in [3.8, 4) is 0 Å². The second-order valence-electron chi connectivity index (χ2n) is 5.12. The van der Waals surface area contributed by atoms with Gasteiger partial charge in [0.1, 0.15) is 0 Å². The van der Waals surface area contributed by atoms with Crippen LogP contribution >= 0.6 is 11.6 Å². The number of benzene rings is 2. The monoisotopic (exact) mass is 301 g/mol. The summed E-state index contributed by atoms with van der Waals surface area (Å²) in [6.45, 7) is 2.19. The Kier molecular flexibility index (Phi) is 5.82. The summed E-state index contributed by atoms with van der Waals surface area (Å²) in [6.07, 6.45) is 3.86. The van der Waals surface area contributed by atoms with Crippen molar-refractivity contribution in [3.05, 3.63) is 64.7 Å². The van der Waals surface area contributed by atoms with Gasteiger partial charge in [0.15, 0.2) is 0 Å². The number of carbonyl (C=O) groups is 1. The van der Waals surface area contributed by atoms with E-state index in [4.69, 9.17) is 11.6 Å². The molecule has 0 radical (unpaired) electrons. The van der Waals surface area contributed by atoms with E-state index in [1.807, 2.05) is 24.3 Å². The van der Waals surface area contributed by atoms with Crippen LogP contribution in [-0.4, -0.2) is 5.91 Å². The molecule has 0 saturated heterocycles. The number of unbranched alkanes of at least 4 members (excludes halogenated alkanes) is 1. The number of hydrogen-bond acceptors (Lipinski definition) is 1. The van der Waals surface area contributed by atoms with Crippen molar-refractivity contribution in [1.82, 2.24) is 0 Å². The van der Waals surface area contributed by atoms with Gasteiger partial charge in [-0.05, 0) is 36.1 Å². The van der Waals surface area contributed by atoms with Crippen molar-refractivity contribution in [1.29, 1.82) is 0 Å². The van der Waals surface area contributed by atoms with Gasteiger partial charge in [-0.25, -0.2) is 0 Å². The standard InChI is InChI=1S/C18H20ClNO/c1-2-3-6-14-9-11-15(12-10-14)13-18(21)20-17-8-5-4-7-16(17)19/h4-5,7-12H,2-3,6,13H2,1H3,(H,20,21). The topological polar surface area (TPSA) is 29.1 Å². The molecule has 2 nitrogen and oxygen atoms in total. The Bertz CT molecular complexity index is 592. The summed E-state index contributed by atoms with van der Waals surface area (Å²) < 4.78 is 0. The van der Waals surface area contributed by atoms with Crippen molar-refractivity contribution in [2.75, 3.05) is 5.32 Å². The zero-order chi connectivity index (χ0) is 15.1. The van der Waals surface area contributed by atoms with Gasteiger partial charge in [-0.3, -0.25) is 4.79 Å². The first-order valence-electron chi connectivity index (χ1n) is 7.31. The van der Waals surface area contributed by atoms with E-state index in [-0.39, 0.29) is 5.91 Å². The molecule has 1 N–H and O–H groups in total. The molecule has 0 fully saturated rings. The number of amides is 1. The normalized spacial score (nSPS) is 10.4. The fourth-order valence-electron chi connectivity index (χ4n) is 2.15. The lowest BCUT2D eigenvalue weighted by atomic mass is 10.0. The number of halogens is 1. The van der Waals surface area contributed by atoms with E-state index in [9.17, 15) is 4.79 Å². The minimum Gasteiger partial charge on any atom is -0.324 e. The van der Waals surface area contributed by atoms with Gasteiger partial charge in [-0.1, -0.05) is 61.3 Å². The third kappa shape index (κ3) is 4.91. The van der Waals surface area contributed by atoms with Crippen LogP contribution in [0, 0.1) is 0 Å². The van der Waals surface area contributed by atoms with E-state index in [1.165, 1.54) is 18.4 Å². The predicted octanol–water partition coefficient (Wildman–Crippen LogP) is 4.86. The van der Waals surface area contributed by atoms with Crippen LogP contribution in [0.15, 0.2) is 48.5 Å². The van der Waals surface area contributed by atoms with Crippen LogP contribution in [0.2, 0.25) is 5.02 Å². The van der Waals surface area contributed by atoms with Gasteiger partial charge in [0.25, 0.3) is 0 Å². The molecule has 0 saturated carbocycles. The first kappa shape index (κ1) is 15.6. The van der Waals surface area contributed by atoms with Crippen LogP contribution in [0.25, 0.3) is 0 Å². The van der Waals surface area contributed by atoms with Gasteiger partial charge in [0.05, 0.1) is 17.1 Å². The molecule has 0 aliphatic heterocycles. The summed E-state index contributed by atoms with van der Waals surface area (Å²) in [4.78, 5) is 12.0. The molecule has 21 heavy (non-hydrogen) atoms. The minimum absolute atomic E-state index is 0.0515. The first-order chi connectivity index (χ1) is 10.2. The maximum absolute atomic E-state index is 12.0. The van der Waals surface area contributed by atoms with Crippen LogP contribution in [-0.2, 0) is 17.6 Å². The number of anilines is 1. The highest BCUT2D eigenvalue weighted by atomic mass is 35.5. The van der Waals surface area contributed by atoms with Crippen LogP contribution < -0.4 is 5.32 Å². The van der Waals surface area contributed by atoms with E-state index in [0.29, 0.717) is 17.1 Å². The summed E-state index contributed by atoms with van der Waals surface area (Å²) in [5, 5.41) is 3.39. The molecule has 2 aromatic carbocycles. The zero-order valence-corrected chi connectivity index (χ0v) is 13.0. The van der Waals surface area contributed by atoms with E-state index >= 15 is 0 Å². The molecule has 0 spiro atoms. The summed E-state index contributed by atoms with van der Waals surface area (Å²) in [6, 6.07) is 15.5. The zero-order valence-electron chi connectivity index (χ0n) is 12.2. The fourth-order valence-corrected chi connectivity index (χ4v) is 2.33. The van der Waals surface area contributed by atoms with E-state index in [2.05, 4.69) is 24.4 Å². The van der Waals surface area contributed by atoms with Crippen molar-refractivity contribution in [2.45, 2.75) is 32.6 Å². The van der Waals surface area contributed by atoms with Gasteiger partial charge >= 0.3 is 0 Å². The molecular weight excluding hydrogens is 282 g/mol. The van der Waals surface area contributed by atoms with Crippen LogP contribution in [0.1, 0.15) is 30.9 Å². The molecule has 0 unspecified atom stereocenters. The smallest absolute Gasteiger partial charge is 0.228 e. The Morgan fingerprint density at radius 2 is 1.71 bits per heavy atom. The minimum atomic E-state index is -0.0515. The van der Waals surface area contributed by atoms with E-state index in [1.54, 1.807) is 12.1 Å². The number of nitrogens with one attached hydrogen (secondary N) is 1. The predicted molar refractivity (Wildman–Crippen MR) is 88.8 cm³/mol. The molecule has 0 aliphatic carbocycles. The molecular formula is C18H20ClNO. The van der Waals surface area contributed by atoms with Gasteiger partial charge in [-0.15, -0.1) is 0 Å². The Balaban J connectivity index is 1.92. The van der Waals surface area contributed by atoms with Crippen molar-refractivity contribution < 1.29 is 4.79 Å². The molecule has 2 rings (SSSR count). The average Bonchev–Trinajstić information content (AvgIpc) is 2.49. The Morgan fingerprint density at radius 1 is 1.05 bits per heavy atom. The quantitative estimate of drug-likeness (QED) is 0.811. The van der Waals surface area contributed by atoms with Crippen LogP contribution in [0.3, 0.4) is 0 Å². The molecule has 0 aliphatic rings. The molecule has 2 aromatic rings. The number of hydrogen-bond donors (Lipinski definition) is 1. The summed E-state index contributed by atoms with van der Waals surface area (Å²) >= 11 is 6.03. The van der Waals surface area contributed by atoms with Crippen molar-refractivity contribution >= 4 is 23.2 Å². The lowest BCUT2D eigenvalue weighted by molar-refractivity contribution is -0.115. The molecule has 0 bridgehead atoms. The number of carbonyl (C=O) groups excluding carboxylic acids is 1. The third-order valence-electron chi connectivity index (χ3n) is 3.35. The average molecular weight is 302 g/mol. The van der Waals surface area contributed by atoms with Crippen LogP contribution in [0.4, 0.5) is 5.69 Å². The summed E-state index contributed by atoms with van der Waals surface area (Å²) in [5.41, 5.74) is 3.00. The summed E-state index contributed by atoms with van der Waals surface area (Å²) in [7, 11) is 0. The highest BCUT2D eigenvalue weighted by Gasteiger charge is 2.06. The van der Waals surface area contributed by atoms with Gasteiger partial charge < -0.3 is 5.32 Å². The van der Waals surface area contributed by atoms with E-state index in [0.717, 1.165) is 12.0 Å². The molecule has 0 heterocycles. The van der Waals surface area contributed by atoms with Gasteiger partial charge in [-0.2, -0.15) is 0 Å². The summed E-state index contributed by atoms with van der Waals surface area (Å²) in [5.74, 6) is -0.0515. The highest BCUT2D eigenvalue weighted by Crippen LogP contribution is 2.20. The number of aryl methyl sites for hydroxylation is 1. The maximum atomic E-state index is 12.0. The first-order valence-corrected chi connectivity index (χ1v) is 7.69. The Labute approximate surface area is 131 Å². The molecule has 3 heteroatoms. The molecule has 0 atom stereocenters. The SMILES string of the molecule is CCCCc1ccc(CC(=O)Nc2ccccc2Cl)cc1. The maximum Gasteiger partial charge on any atom is 0.228 e. The Morgan fingerprint density at radius 3 is 2.38 bits per heavy atom. The highest BCUT2D eigenvalue weighted by molar-refractivity contribution is 6.33. The van der Waals surface area contributed by atoms with Gasteiger partial charge in [0.2, 0.25) is 5.91 Å². The van der Waals surface area contributed by atoms with E-state index < -0.39 is 0 Å². The second-order valence-corrected chi connectivity index (χ2v) is 5.53. The van der Waals surface area contributed by atoms with Crippen molar-refractivity contribution in [2.24, 2.45) is 0 Å². The lowest BCUT2D eigenvalue weighted by Gasteiger charge is -2.07. The van der Waals surface area contributed by atoms with Crippen LogP contribution in [0.5, 0.6) is 0 Å². The molecule has 110 valence electrons. The molecule has 0 aromatic heterocycles. The second kappa shape index (κ2) is 7.84. The largest absolute Gasteiger partial charge is 0.324 e. The lowest BCUT2D eigenvalue weighted by Crippen LogP contribution is -2.14.